The first kappa shape index (κ1) is 29.4. The Balaban J connectivity index is 1.62. The van der Waals surface area contributed by atoms with E-state index in [1.54, 1.807) is 7.11 Å². The second kappa shape index (κ2) is 14.1. The van der Waals surface area contributed by atoms with Crippen molar-refractivity contribution in [3.05, 3.63) is 29.3 Å². The van der Waals surface area contributed by atoms with Crippen molar-refractivity contribution < 1.29 is 24.2 Å². The van der Waals surface area contributed by atoms with Gasteiger partial charge >= 0.3 is 0 Å². The molecule has 0 spiro atoms. The normalized spacial score (nSPS) is 23.8. The molecule has 0 unspecified atom stereocenters. The largest absolute Gasteiger partial charge is 0.493 e. The minimum absolute atomic E-state index is 0.00702. The zero-order chi connectivity index (χ0) is 26.9. The molecule has 2 aliphatic rings. The molecule has 1 heterocycles. The van der Waals surface area contributed by atoms with E-state index in [9.17, 15) is 14.7 Å². The summed E-state index contributed by atoms with van der Waals surface area (Å²) >= 11 is 0. The molecule has 0 radical (unpaired) electrons. The topological polar surface area (TPSA) is 91.3 Å². The van der Waals surface area contributed by atoms with Gasteiger partial charge in [0.1, 0.15) is 5.75 Å². The third-order valence-electron chi connectivity index (χ3n) is 7.91. The Hall–Kier alpha value is -2.16. The lowest BCUT2D eigenvalue weighted by Gasteiger charge is -2.34. The number of aliphatic hydroxyl groups is 1. The molecule has 1 aromatic rings. The lowest BCUT2D eigenvalue weighted by atomic mass is 9.86. The molecule has 1 aliphatic heterocycles. The van der Waals surface area contributed by atoms with Crippen LogP contribution in [0.1, 0.15) is 61.9 Å². The van der Waals surface area contributed by atoms with Crippen molar-refractivity contribution in [3.8, 4) is 5.75 Å². The van der Waals surface area contributed by atoms with Crippen LogP contribution in [0.5, 0.6) is 5.75 Å². The van der Waals surface area contributed by atoms with Crippen LogP contribution in [0.25, 0.3) is 0 Å². The van der Waals surface area contributed by atoms with Gasteiger partial charge in [0.05, 0.1) is 12.7 Å². The van der Waals surface area contributed by atoms with Crippen molar-refractivity contribution in [3.63, 3.8) is 0 Å². The average Bonchev–Trinajstić information content (AvgIpc) is 3.32. The first-order valence-corrected chi connectivity index (χ1v) is 13.9. The zero-order valence-electron chi connectivity index (χ0n) is 23.4. The average molecular weight is 518 g/mol. The van der Waals surface area contributed by atoms with Crippen LogP contribution in [0.4, 0.5) is 0 Å². The van der Waals surface area contributed by atoms with Gasteiger partial charge in [0.15, 0.2) is 0 Å². The molecular formula is C29H47N3O5. The maximum absolute atomic E-state index is 13.6. The molecule has 1 saturated heterocycles. The lowest BCUT2D eigenvalue weighted by molar-refractivity contribution is -0.136. The van der Waals surface area contributed by atoms with E-state index < -0.39 is 0 Å². The van der Waals surface area contributed by atoms with Crippen molar-refractivity contribution in [1.29, 1.82) is 0 Å². The van der Waals surface area contributed by atoms with E-state index in [4.69, 9.17) is 9.47 Å². The van der Waals surface area contributed by atoms with E-state index in [-0.39, 0.29) is 41.7 Å². The minimum atomic E-state index is -0.260. The van der Waals surface area contributed by atoms with Crippen LogP contribution in [0.3, 0.4) is 0 Å². The fourth-order valence-corrected chi connectivity index (χ4v) is 5.51. The van der Waals surface area contributed by atoms with Gasteiger partial charge in [0.25, 0.3) is 5.91 Å². The number of aryl methyl sites for hydroxylation is 1. The maximum Gasteiger partial charge on any atom is 0.254 e. The van der Waals surface area contributed by atoms with Crippen LogP contribution < -0.4 is 10.1 Å². The van der Waals surface area contributed by atoms with Crippen LogP contribution >= 0.6 is 0 Å². The Bertz CT molecular complexity index is 884. The summed E-state index contributed by atoms with van der Waals surface area (Å²) in [6, 6.07) is 5.74. The molecule has 2 amide bonds. The Morgan fingerprint density at radius 2 is 1.76 bits per heavy atom. The van der Waals surface area contributed by atoms with Gasteiger partial charge in [-0.3, -0.25) is 9.59 Å². The molecule has 2 N–H and O–H groups in total. The number of rotatable bonds is 12. The Morgan fingerprint density at radius 3 is 2.41 bits per heavy atom. The van der Waals surface area contributed by atoms with Gasteiger partial charge in [-0.15, -0.1) is 0 Å². The van der Waals surface area contributed by atoms with Gasteiger partial charge in [-0.2, -0.15) is 0 Å². The molecule has 3 rings (SSSR count). The number of benzene rings is 1. The van der Waals surface area contributed by atoms with E-state index in [1.165, 1.54) is 0 Å². The second-order valence-electron chi connectivity index (χ2n) is 11.1. The van der Waals surface area contributed by atoms with Gasteiger partial charge in [0.2, 0.25) is 5.91 Å². The van der Waals surface area contributed by atoms with Crippen molar-refractivity contribution in [1.82, 2.24) is 15.1 Å². The van der Waals surface area contributed by atoms with Gasteiger partial charge in [-0.25, -0.2) is 0 Å². The number of carbonyl (C=O) groups excluding carboxylic acids is 2. The summed E-state index contributed by atoms with van der Waals surface area (Å²) in [6.45, 7) is 10.3. The van der Waals surface area contributed by atoms with Crippen molar-refractivity contribution in [2.75, 3.05) is 53.6 Å². The molecule has 0 aromatic heterocycles. The molecule has 8 nitrogen and oxygen atoms in total. The summed E-state index contributed by atoms with van der Waals surface area (Å²) in [4.78, 5) is 30.5. The lowest BCUT2D eigenvalue weighted by Crippen LogP contribution is -2.44. The monoisotopic (exact) mass is 517 g/mol. The number of hydrogen-bond acceptors (Lipinski definition) is 6. The highest BCUT2D eigenvalue weighted by molar-refractivity contribution is 5.95. The quantitative estimate of drug-likeness (QED) is 0.414. The summed E-state index contributed by atoms with van der Waals surface area (Å²) in [5.41, 5.74) is 1.64. The highest BCUT2D eigenvalue weighted by Crippen LogP contribution is 2.28. The van der Waals surface area contributed by atoms with E-state index in [0.29, 0.717) is 44.7 Å². The molecule has 2 atom stereocenters. The zero-order valence-corrected chi connectivity index (χ0v) is 23.4. The predicted octanol–water partition coefficient (Wildman–Crippen LogP) is 3.11. The third kappa shape index (κ3) is 8.16. The summed E-state index contributed by atoms with van der Waals surface area (Å²) < 4.78 is 11.0. The standard InChI is InChI=1S/C29H47N3O5/c1-20(2)32(29(35)23-8-7-21(3)27(15-23)37-14-6-13-36-5)19-25-17-30-16-24(25)18-31(4)28(34)22-9-11-26(33)12-10-22/h7-8,15,20,22,24-26,30,33H,6,9-14,16-19H2,1-5H3/t22-,24-,25-,26+/m0/s1. The number of amides is 2. The van der Waals surface area contributed by atoms with E-state index in [2.05, 4.69) is 19.2 Å². The summed E-state index contributed by atoms with van der Waals surface area (Å²) in [6.07, 6.45) is 3.48. The van der Waals surface area contributed by atoms with E-state index >= 15 is 0 Å². The third-order valence-corrected chi connectivity index (χ3v) is 7.91. The second-order valence-corrected chi connectivity index (χ2v) is 11.1. The van der Waals surface area contributed by atoms with Crippen molar-refractivity contribution >= 4 is 11.8 Å². The summed E-state index contributed by atoms with van der Waals surface area (Å²) in [7, 11) is 3.57. The molecule has 1 saturated carbocycles. The van der Waals surface area contributed by atoms with Crippen LogP contribution in [-0.4, -0.2) is 92.4 Å². The van der Waals surface area contributed by atoms with Crippen LogP contribution in [0, 0.1) is 24.7 Å². The Labute approximate surface area is 222 Å². The number of aliphatic hydroxyl groups excluding tert-OH is 1. The molecule has 2 fully saturated rings. The highest BCUT2D eigenvalue weighted by Gasteiger charge is 2.34. The number of hydrogen-bond donors (Lipinski definition) is 2. The van der Waals surface area contributed by atoms with Gasteiger partial charge in [-0.05, 0) is 76.0 Å². The summed E-state index contributed by atoms with van der Waals surface area (Å²) in [5.74, 6) is 1.50. The minimum Gasteiger partial charge on any atom is -0.493 e. The number of nitrogens with one attached hydrogen (secondary N) is 1. The smallest absolute Gasteiger partial charge is 0.254 e. The van der Waals surface area contributed by atoms with Gasteiger partial charge in [-0.1, -0.05) is 6.07 Å². The van der Waals surface area contributed by atoms with E-state index in [1.807, 2.05) is 42.0 Å². The Kier molecular flexibility index (Phi) is 11.2. The number of ether oxygens (including phenoxy) is 2. The van der Waals surface area contributed by atoms with E-state index in [0.717, 1.165) is 43.7 Å². The predicted molar refractivity (Wildman–Crippen MR) is 145 cm³/mol. The fourth-order valence-electron chi connectivity index (χ4n) is 5.51. The molecule has 8 heteroatoms. The molecule has 1 aliphatic carbocycles. The highest BCUT2D eigenvalue weighted by atomic mass is 16.5. The molecule has 0 bridgehead atoms. The van der Waals surface area contributed by atoms with Crippen LogP contribution in [0.15, 0.2) is 18.2 Å². The number of nitrogens with zero attached hydrogens (tertiary/aromatic N) is 2. The summed E-state index contributed by atoms with van der Waals surface area (Å²) in [5, 5.41) is 13.3. The fraction of sp³-hybridized carbons (Fsp3) is 0.724. The number of carbonyl (C=O) groups is 2. The molecule has 37 heavy (non-hydrogen) atoms. The molecular weight excluding hydrogens is 470 g/mol. The van der Waals surface area contributed by atoms with Gasteiger partial charge in [0, 0.05) is 70.9 Å². The maximum atomic E-state index is 13.6. The van der Waals surface area contributed by atoms with Crippen molar-refractivity contribution in [2.24, 2.45) is 17.8 Å². The van der Waals surface area contributed by atoms with Crippen molar-refractivity contribution in [2.45, 2.75) is 65.0 Å². The molecule has 208 valence electrons. The Morgan fingerprint density at radius 1 is 1.08 bits per heavy atom. The first-order valence-electron chi connectivity index (χ1n) is 13.9. The van der Waals surface area contributed by atoms with Crippen LogP contribution in [-0.2, 0) is 9.53 Å². The molecule has 1 aromatic carbocycles. The number of methoxy groups -OCH3 is 1. The first-order chi connectivity index (χ1) is 17.7. The SMILES string of the molecule is COCCCOc1cc(C(=O)N(C[C@@H]2CNC[C@H]2CN(C)C(=O)[C@H]2CC[C@@H](O)CC2)C(C)C)ccc1C. The van der Waals surface area contributed by atoms with Crippen LogP contribution in [0.2, 0.25) is 0 Å². The van der Waals surface area contributed by atoms with Gasteiger partial charge < -0.3 is 29.7 Å².